The summed E-state index contributed by atoms with van der Waals surface area (Å²) in [6.45, 7) is 7.59. The summed E-state index contributed by atoms with van der Waals surface area (Å²) in [5.74, 6) is -0.444. The highest BCUT2D eigenvalue weighted by Gasteiger charge is 2.28. The SMILES string of the molecule is CC(Cc1ccccc1F)NC(=O)[C@@H](N)C(C)(C)C.Cl. The van der Waals surface area contributed by atoms with E-state index in [-0.39, 0.29) is 35.6 Å². The quantitative estimate of drug-likeness (QED) is 0.898. The van der Waals surface area contributed by atoms with Gasteiger partial charge in [0.1, 0.15) is 5.82 Å². The van der Waals surface area contributed by atoms with Gasteiger partial charge in [0.15, 0.2) is 0 Å². The van der Waals surface area contributed by atoms with Crippen LogP contribution in [-0.2, 0) is 11.2 Å². The zero-order valence-electron chi connectivity index (χ0n) is 12.4. The zero-order chi connectivity index (χ0) is 14.6. The lowest BCUT2D eigenvalue weighted by molar-refractivity contribution is -0.125. The van der Waals surface area contributed by atoms with Gasteiger partial charge in [-0.1, -0.05) is 39.0 Å². The standard InChI is InChI=1S/C15H23FN2O.ClH/c1-10(9-11-7-5-6-8-12(11)16)18-14(19)13(17)15(2,3)4;/h5-8,10,13H,9,17H2,1-4H3,(H,18,19);1H/t10?,13-;/m1./s1. The van der Waals surface area contributed by atoms with Crippen molar-refractivity contribution in [2.45, 2.75) is 46.2 Å². The van der Waals surface area contributed by atoms with Crippen molar-refractivity contribution in [3.05, 3.63) is 35.6 Å². The first-order valence-corrected chi connectivity index (χ1v) is 6.51. The third-order valence-corrected chi connectivity index (χ3v) is 3.09. The van der Waals surface area contributed by atoms with Gasteiger partial charge < -0.3 is 11.1 Å². The zero-order valence-corrected chi connectivity index (χ0v) is 13.3. The lowest BCUT2D eigenvalue weighted by atomic mass is 9.87. The van der Waals surface area contributed by atoms with Crippen molar-refractivity contribution in [3.63, 3.8) is 0 Å². The first-order valence-electron chi connectivity index (χ1n) is 6.51. The molecule has 0 aliphatic carbocycles. The fourth-order valence-corrected chi connectivity index (χ4v) is 1.77. The Morgan fingerprint density at radius 3 is 2.40 bits per heavy atom. The molecular formula is C15H24ClFN2O. The third kappa shape index (κ3) is 5.47. The summed E-state index contributed by atoms with van der Waals surface area (Å²) in [5.41, 5.74) is 6.19. The molecule has 1 unspecified atom stereocenters. The van der Waals surface area contributed by atoms with Crippen LogP contribution in [0, 0.1) is 11.2 Å². The van der Waals surface area contributed by atoms with E-state index in [9.17, 15) is 9.18 Å². The van der Waals surface area contributed by atoms with Crippen LogP contribution in [0.2, 0.25) is 0 Å². The number of nitrogens with two attached hydrogens (primary N) is 1. The molecule has 0 saturated carbocycles. The molecule has 1 aromatic carbocycles. The number of carbonyl (C=O) groups excluding carboxylic acids is 1. The topological polar surface area (TPSA) is 55.1 Å². The monoisotopic (exact) mass is 302 g/mol. The number of amides is 1. The maximum absolute atomic E-state index is 13.5. The first kappa shape index (κ1) is 18.9. The molecule has 20 heavy (non-hydrogen) atoms. The molecule has 2 atom stereocenters. The van der Waals surface area contributed by atoms with E-state index in [1.807, 2.05) is 27.7 Å². The average Bonchev–Trinajstić information content (AvgIpc) is 2.29. The smallest absolute Gasteiger partial charge is 0.237 e. The van der Waals surface area contributed by atoms with E-state index in [0.717, 1.165) is 0 Å². The Labute approximate surface area is 126 Å². The van der Waals surface area contributed by atoms with Gasteiger partial charge in [0, 0.05) is 6.04 Å². The van der Waals surface area contributed by atoms with E-state index in [0.29, 0.717) is 12.0 Å². The van der Waals surface area contributed by atoms with Crippen LogP contribution in [0.3, 0.4) is 0 Å². The number of nitrogens with one attached hydrogen (secondary N) is 1. The Hall–Kier alpha value is -1.13. The van der Waals surface area contributed by atoms with Crippen molar-refractivity contribution in [3.8, 4) is 0 Å². The highest BCUT2D eigenvalue weighted by Crippen LogP contribution is 2.17. The van der Waals surface area contributed by atoms with E-state index in [2.05, 4.69) is 5.32 Å². The molecule has 1 aromatic rings. The Bertz CT molecular complexity index is 446. The van der Waals surface area contributed by atoms with Crippen LogP contribution >= 0.6 is 12.4 Å². The highest BCUT2D eigenvalue weighted by atomic mass is 35.5. The minimum atomic E-state index is -0.574. The first-order chi connectivity index (χ1) is 8.71. The summed E-state index contributed by atoms with van der Waals surface area (Å²) in [6, 6.07) is 5.85. The number of rotatable bonds is 4. The summed E-state index contributed by atoms with van der Waals surface area (Å²) < 4.78 is 13.5. The van der Waals surface area contributed by atoms with Gasteiger partial charge in [0.05, 0.1) is 6.04 Å². The molecule has 114 valence electrons. The molecule has 3 N–H and O–H groups in total. The molecule has 0 aliphatic rings. The molecule has 1 rings (SSSR count). The molecule has 0 heterocycles. The summed E-state index contributed by atoms with van der Waals surface area (Å²) in [4.78, 5) is 11.9. The van der Waals surface area contributed by atoms with E-state index in [1.165, 1.54) is 6.07 Å². The number of hydrogen-bond donors (Lipinski definition) is 2. The van der Waals surface area contributed by atoms with E-state index in [4.69, 9.17) is 5.73 Å². The molecule has 0 aromatic heterocycles. The van der Waals surface area contributed by atoms with E-state index in [1.54, 1.807) is 18.2 Å². The molecule has 0 aliphatic heterocycles. The van der Waals surface area contributed by atoms with E-state index < -0.39 is 6.04 Å². The molecular weight excluding hydrogens is 279 g/mol. The van der Waals surface area contributed by atoms with Crippen molar-refractivity contribution >= 4 is 18.3 Å². The van der Waals surface area contributed by atoms with Gasteiger partial charge in [-0.05, 0) is 30.4 Å². The second-order valence-electron chi connectivity index (χ2n) is 6.05. The van der Waals surface area contributed by atoms with Crippen LogP contribution in [0.4, 0.5) is 4.39 Å². The summed E-state index contributed by atoms with van der Waals surface area (Å²) >= 11 is 0. The van der Waals surface area contributed by atoms with Gasteiger partial charge in [-0.3, -0.25) is 4.79 Å². The maximum Gasteiger partial charge on any atom is 0.237 e. The van der Waals surface area contributed by atoms with Crippen LogP contribution in [-0.4, -0.2) is 18.0 Å². The fraction of sp³-hybridized carbons (Fsp3) is 0.533. The lowest BCUT2D eigenvalue weighted by Crippen LogP contribution is -2.51. The molecule has 0 fully saturated rings. The van der Waals surface area contributed by atoms with Gasteiger partial charge in [0.25, 0.3) is 0 Å². The largest absolute Gasteiger partial charge is 0.352 e. The van der Waals surface area contributed by atoms with Crippen LogP contribution in [0.25, 0.3) is 0 Å². The Morgan fingerprint density at radius 2 is 1.90 bits per heavy atom. The summed E-state index contributed by atoms with van der Waals surface area (Å²) in [6.07, 6.45) is 0.454. The third-order valence-electron chi connectivity index (χ3n) is 3.09. The normalized spacial score (nSPS) is 14.1. The van der Waals surface area contributed by atoms with Crippen molar-refractivity contribution in [1.82, 2.24) is 5.32 Å². The molecule has 1 amide bonds. The van der Waals surface area contributed by atoms with Gasteiger partial charge >= 0.3 is 0 Å². The predicted octanol–water partition coefficient (Wildman–Crippen LogP) is 2.67. The summed E-state index contributed by atoms with van der Waals surface area (Å²) in [7, 11) is 0. The average molecular weight is 303 g/mol. The van der Waals surface area contributed by atoms with Gasteiger partial charge in [-0.15, -0.1) is 12.4 Å². The summed E-state index contributed by atoms with van der Waals surface area (Å²) in [5, 5.41) is 2.83. The molecule has 5 heteroatoms. The predicted molar refractivity (Wildman–Crippen MR) is 82.4 cm³/mol. The van der Waals surface area contributed by atoms with Gasteiger partial charge in [0.2, 0.25) is 5.91 Å². The van der Waals surface area contributed by atoms with Gasteiger partial charge in [-0.25, -0.2) is 4.39 Å². The van der Waals surface area contributed by atoms with E-state index >= 15 is 0 Å². The second kappa shape index (κ2) is 7.60. The number of halogens is 2. The van der Waals surface area contributed by atoms with Gasteiger partial charge in [-0.2, -0.15) is 0 Å². The number of carbonyl (C=O) groups is 1. The maximum atomic E-state index is 13.5. The highest BCUT2D eigenvalue weighted by molar-refractivity contribution is 5.85. The molecule has 0 spiro atoms. The van der Waals surface area contributed by atoms with Crippen LogP contribution < -0.4 is 11.1 Å². The van der Waals surface area contributed by atoms with Crippen molar-refractivity contribution in [1.29, 1.82) is 0 Å². The van der Waals surface area contributed by atoms with Crippen molar-refractivity contribution in [2.75, 3.05) is 0 Å². The Balaban J connectivity index is 0.00000361. The Kier molecular flexibility index (Phi) is 7.17. The lowest BCUT2D eigenvalue weighted by Gasteiger charge is -2.27. The van der Waals surface area contributed by atoms with Crippen LogP contribution in [0.15, 0.2) is 24.3 Å². The van der Waals surface area contributed by atoms with Crippen LogP contribution in [0.5, 0.6) is 0 Å². The minimum Gasteiger partial charge on any atom is -0.352 e. The Morgan fingerprint density at radius 1 is 1.35 bits per heavy atom. The molecule has 3 nitrogen and oxygen atoms in total. The van der Waals surface area contributed by atoms with Crippen molar-refractivity contribution < 1.29 is 9.18 Å². The number of hydrogen-bond acceptors (Lipinski definition) is 2. The van der Waals surface area contributed by atoms with Crippen molar-refractivity contribution in [2.24, 2.45) is 11.1 Å². The second-order valence-corrected chi connectivity index (χ2v) is 6.05. The number of benzene rings is 1. The minimum absolute atomic E-state index is 0. The molecule has 0 saturated heterocycles. The van der Waals surface area contributed by atoms with Crippen LogP contribution in [0.1, 0.15) is 33.3 Å². The molecule has 0 radical (unpaired) electrons. The fourth-order valence-electron chi connectivity index (χ4n) is 1.77. The molecule has 0 bridgehead atoms.